The summed E-state index contributed by atoms with van der Waals surface area (Å²) in [5, 5.41) is -0.246. The number of rotatable bonds is 1. The van der Waals surface area contributed by atoms with Crippen molar-refractivity contribution in [2.75, 3.05) is 0 Å². The third kappa shape index (κ3) is 2.35. The first kappa shape index (κ1) is 8.82. The molecule has 0 fully saturated rings. The molecule has 0 atom stereocenters. The van der Waals surface area contributed by atoms with E-state index >= 15 is 0 Å². The Bertz CT molecular complexity index is 241. The van der Waals surface area contributed by atoms with E-state index < -0.39 is 13.5 Å². The average Bonchev–Trinajstić information content (AvgIpc) is 1.86. The average molecular weight is 200 g/mol. The molecule has 0 nitrogen and oxygen atoms in total. The van der Waals surface area contributed by atoms with Crippen molar-refractivity contribution in [1.82, 2.24) is 0 Å². The van der Waals surface area contributed by atoms with Crippen LogP contribution in [0.2, 0.25) is 5.02 Å². The largest absolute Gasteiger partial charge is 0.602 e. The molecular weight excluding hydrogens is 195 g/mol. The summed E-state index contributed by atoms with van der Waals surface area (Å²) in [6, 6.07) is 4.47. The minimum absolute atomic E-state index is 0.321. The Morgan fingerprint density at radius 1 is 1.00 bits per heavy atom. The Labute approximate surface area is 67.7 Å². The predicted molar refractivity (Wildman–Crippen MR) is 41.3 cm³/mol. The Morgan fingerprint density at radius 3 is 1.82 bits per heavy atom. The Hall–Kier alpha value is -0.270. The highest BCUT2D eigenvalue weighted by Crippen LogP contribution is 2.62. The second-order valence-corrected chi connectivity index (χ2v) is 3.76. The third-order valence-corrected chi connectivity index (χ3v) is 2.26. The molecule has 1 aromatic rings. The topological polar surface area (TPSA) is 0 Å². The first-order chi connectivity index (χ1) is 5.00. The van der Waals surface area contributed by atoms with Gasteiger partial charge in [0.05, 0.1) is 0 Å². The zero-order chi connectivity index (χ0) is 8.48. The lowest BCUT2D eigenvalue weighted by atomic mass is 10.4. The van der Waals surface area contributed by atoms with Crippen LogP contribution in [0.25, 0.3) is 0 Å². The first-order valence-corrected chi connectivity index (χ1v) is 4.58. The fourth-order valence-corrected chi connectivity index (χ4v) is 1.22. The maximum Gasteiger partial charge on any atom is 0.602 e. The van der Waals surface area contributed by atoms with Gasteiger partial charge in [0.25, 0.3) is 0 Å². The van der Waals surface area contributed by atoms with Gasteiger partial charge in [-0.05, 0) is 24.3 Å². The molecule has 0 saturated carbocycles. The standard InChI is InChI=1S/C6H4ClF3P/c7-5-1-3-6(4-2-5)11(8,9)10/h1-4H/q+1. The Kier molecular flexibility index (Phi) is 2.40. The van der Waals surface area contributed by atoms with E-state index in [2.05, 4.69) is 0 Å². The molecule has 5 heteroatoms. The maximum absolute atomic E-state index is 12.0. The van der Waals surface area contributed by atoms with E-state index in [1.54, 1.807) is 0 Å². The fourth-order valence-electron chi connectivity index (χ4n) is 0.610. The molecule has 1 aromatic carbocycles. The molecule has 0 aliphatic carbocycles. The van der Waals surface area contributed by atoms with Crippen molar-refractivity contribution in [2.45, 2.75) is 0 Å². The van der Waals surface area contributed by atoms with Crippen molar-refractivity contribution in [1.29, 1.82) is 0 Å². The SMILES string of the molecule is F[P+](F)(F)c1ccc(Cl)cc1. The summed E-state index contributed by atoms with van der Waals surface area (Å²) >= 11 is 5.41. The van der Waals surface area contributed by atoms with E-state index in [0.717, 1.165) is 12.1 Å². The van der Waals surface area contributed by atoms with Crippen LogP contribution in [-0.4, -0.2) is 0 Å². The lowest BCUT2D eigenvalue weighted by Crippen LogP contribution is -1.98. The van der Waals surface area contributed by atoms with Crippen LogP contribution < -0.4 is 5.30 Å². The summed E-state index contributed by atoms with van der Waals surface area (Å²) in [5.41, 5.74) is 0. The minimum atomic E-state index is -5.35. The lowest BCUT2D eigenvalue weighted by molar-refractivity contribution is 0.607. The number of halogens is 4. The molecule has 0 unspecified atom stereocenters. The van der Waals surface area contributed by atoms with Gasteiger partial charge in [0.1, 0.15) is 0 Å². The summed E-state index contributed by atoms with van der Waals surface area (Å²) < 4.78 is 36.0. The van der Waals surface area contributed by atoms with Crippen molar-refractivity contribution in [3.05, 3.63) is 29.3 Å². The molecule has 0 saturated heterocycles. The zero-order valence-corrected chi connectivity index (χ0v) is 6.92. The van der Waals surface area contributed by atoms with Gasteiger partial charge in [-0.1, -0.05) is 11.6 Å². The molecule has 0 N–H and O–H groups in total. The smallest absolute Gasteiger partial charge is 0.0843 e. The molecule has 0 aliphatic rings. The summed E-state index contributed by atoms with van der Waals surface area (Å²) in [5.74, 6) is 0. The molecule has 1 rings (SSSR count). The number of benzene rings is 1. The van der Waals surface area contributed by atoms with Gasteiger partial charge in [0.2, 0.25) is 0 Å². The monoisotopic (exact) mass is 199 g/mol. The second kappa shape index (κ2) is 3.00. The van der Waals surface area contributed by atoms with E-state index in [9.17, 15) is 12.6 Å². The molecule has 0 aliphatic heterocycles. The van der Waals surface area contributed by atoms with Crippen molar-refractivity contribution < 1.29 is 12.6 Å². The van der Waals surface area contributed by atoms with Gasteiger partial charge in [0.15, 0.2) is 5.30 Å². The molecule has 0 heterocycles. The summed E-state index contributed by atoms with van der Waals surface area (Å²) in [4.78, 5) is 0. The van der Waals surface area contributed by atoms with Crippen LogP contribution in [0.4, 0.5) is 12.6 Å². The van der Waals surface area contributed by atoms with Crippen LogP contribution in [0.1, 0.15) is 0 Å². The fraction of sp³-hybridized carbons (Fsp3) is 0. The molecule has 0 radical (unpaired) electrons. The molecule has 0 spiro atoms. The molecule has 60 valence electrons. The van der Waals surface area contributed by atoms with Crippen LogP contribution in [-0.2, 0) is 0 Å². The molecule has 11 heavy (non-hydrogen) atoms. The van der Waals surface area contributed by atoms with Crippen molar-refractivity contribution >= 4 is 25.1 Å². The van der Waals surface area contributed by atoms with Crippen LogP contribution in [0.5, 0.6) is 0 Å². The molecule has 0 aromatic heterocycles. The predicted octanol–water partition coefficient (Wildman–Crippen LogP) is 3.64. The van der Waals surface area contributed by atoms with Crippen molar-refractivity contribution in [3.63, 3.8) is 0 Å². The van der Waals surface area contributed by atoms with E-state index in [0.29, 0.717) is 5.02 Å². The van der Waals surface area contributed by atoms with E-state index in [4.69, 9.17) is 11.6 Å². The van der Waals surface area contributed by atoms with Gasteiger partial charge in [-0.25, -0.2) is 0 Å². The lowest BCUT2D eigenvalue weighted by Gasteiger charge is -1.92. The van der Waals surface area contributed by atoms with Crippen LogP contribution >= 0.6 is 19.8 Å². The number of hydrogen-bond acceptors (Lipinski definition) is 0. The van der Waals surface area contributed by atoms with Crippen molar-refractivity contribution in [2.24, 2.45) is 0 Å². The second-order valence-electron chi connectivity index (χ2n) is 1.92. The highest BCUT2D eigenvalue weighted by atomic mass is 35.5. The highest BCUT2D eigenvalue weighted by molar-refractivity contribution is 7.68. The molecule has 0 amide bonds. The van der Waals surface area contributed by atoms with Gasteiger partial charge in [-0.15, -0.1) is 0 Å². The molecular formula is C6H4ClF3P+. The van der Waals surface area contributed by atoms with Gasteiger partial charge in [-0.2, -0.15) is 0 Å². The summed E-state index contributed by atoms with van der Waals surface area (Å²) in [7, 11) is -5.35. The van der Waals surface area contributed by atoms with Crippen LogP contribution in [0, 0.1) is 0 Å². The Balaban J connectivity index is 2.99. The first-order valence-electron chi connectivity index (χ1n) is 2.74. The van der Waals surface area contributed by atoms with Gasteiger partial charge in [0, 0.05) is 17.6 Å². The quantitative estimate of drug-likeness (QED) is 0.606. The van der Waals surface area contributed by atoms with Crippen LogP contribution in [0.15, 0.2) is 24.3 Å². The zero-order valence-electron chi connectivity index (χ0n) is 5.27. The third-order valence-electron chi connectivity index (χ3n) is 1.12. The number of hydrogen-bond donors (Lipinski definition) is 0. The van der Waals surface area contributed by atoms with Crippen LogP contribution in [0.3, 0.4) is 0 Å². The normalized spacial score (nSPS) is 11.6. The van der Waals surface area contributed by atoms with Crippen molar-refractivity contribution in [3.8, 4) is 0 Å². The van der Waals surface area contributed by atoms with E-state index in [-0.39, 0.29) is 0 Å². The van der Waals surface area contributed by atoms with E-state index in [1.165, 1.54) is 12.1 Å². The Morgan fingerprint density at radius 2 is 1.45 bits per heavy atom. The minimum Gasteiger partial charge on any atom is -0.0843 e. The summed E-state index contributed by atoms with van der Waals surface area (Å²) in [6.07, 6.45) is 0. The highest BCUT2D eigenvalue weighted by Gasteiger charge is 2.46. The molecule has 0 bridgehead atoms. The van der Waals surface area contributed by atoms with Gasteiger partial charge in [-0.3, -0.25) is 0 Å². The van der Waals surface area contributed by atoms with Gasteiger partial charge >= 0.3 is 8.19 Å². The van der Waals surface area contributed by atoms with E-state index in [1.807, 2.05) is 0 Å². The van der Waals surface area contributed by atoms with Gasteiger partial charge < -0.3 is 0 Å². The maximum atomic E-state index is 12.0. The summed E-state index contributed by atoms with van der Waals surface area (Å²) in [6.45, 7) is 0.